The number of ether oxygens (including phenoxy) is 2. The van der Waals surface area contributed by atoms with Gasteiger partial charge in [-0.1, -0.05) is 34.8 Å². The van der Waals surface area contributed by atoms with Crippen molar-refractivity contribution in [3.8, 4) is 17.2 Å². The molecule has 3 aromatic carbocycles. The maximum Gasteiger partial charge on any atom is 0.446 e. The molecule has 5 amide bonds. The summed E-state index contributed by atoms with van der Waals surface area (Å²) in [5, 5.41) is 79.6. The monoisotopic (exact) mass is 1860 g/mol. The standard InChI is InChI=1S/C24H28ClFN6O5.C22H24ClFN6O5.C14H19ClN2O4.C10H11FN4O2.2C2HF3O.2ClH/c1-3-37-21(34)7-19(18-6-15(25)4-13(2)22(18)35)32-20(33)12-28-23(36)14-5-17(11-27-8-14)31-24-29-9-16(26)10-30-24;1-11-2-13(23)4-16(20(11)34)17(5-19(32)33)30-18(31)10-26-21(35)12-3-15(9-25-6-12)29-22-27-7-14(24)8-28-22;1-3-21-13(19)6-11(17-12(18)7-16)10-5-9(15)4-8(2)14(10)20;11-7-3-13-10(14-4-7)15-8-1-6(9(16)17)2-12-5-8;2*3-2(4,5)1-6;;/h4-6,8,11,16,19,35H,3,7,9-10,12H2,1-2H3,(H,28,36)(H,32,33)(H2,29,30,31);2-4,6,9,14,17,34H,5,7-8,10H2,1H3,(H,26,35)(H,30,31)(H,32,33)(H2,27,28,29);4-5,11,20H,3,6-7,16H2,1-2H3,(H,17,18);1-2,5,7H,3-4H2,(H,16,17)(H2,13,14,15);2*1H;2*1H/t19-;17-;11-;;;;;/m110...../s1. The van der Waals surface area contributed by atoms with Gasteiger partial charge in [-0.2, -0.15) is 26.3 Å². The molecule has 6 heterocycles. The lowest BCUT2D eigenvalue weighted by Crippen LogP contribution is -2.41. The van der Waals surface area contributed by atoms with E-state index in [4.69, 9.17) is 64.7 Å². The number of halogens is 14. The van der Waals surface area contributed by atoms with Crippen LogP contribution in [-0.4, -0.2) is 227 Å². The highest BCUT2D eigenvalue weighted by Crippen LogP contribution is 2.36. The predicted octanol–water partition coefficient (Wildman–Crippen LogP) is 7.77. The normalized spacial score (nSPS) is 14.8. The first kappa shape index (κ1) is 108. The van der Waals surface area contributed by atoms with Crippen LogP contribution in [0.1, 0.15) is 116 Å². The van der Waals surface area contributed by atoms with Crippen molar-refractivity contribution >= 4 is 161 Å². The number of guanidine groups is 3. The minimum absolute atomic E-state index is 0. The Labute approximate surface area is 727 Å². The number of aryl methyl sites for hydroxylation is 3. The van der Waals surface area contributed by atoms with Gasteiger partial charge in [-0.05, 0) is 106 Å². The second-order valence-electron chi connectivity index (χ2n) is 25.4. The van der Waals surface area contributed by atoms with Crippen LogP contribution < -0.4 is 64.2 Å². The largest absolute Gasteiger partial charge is 0.507 e. The number of aliphatic imine (C=N–C) groups is 3. The number of nitrogens with two attached hydrogens (primary N) is 1. The number of carbonyl (C=O) groups is 11. The first-order valence-corrected chi connectivity index (χ1v) is 36.9. The highest BCUT2D eigenvalue weighted by molar-refractivity contribution is 6.31. The molecule has 6 atom stereocenters. The van der Waals surface area contributed by atoms with E-state index in [0.717, 1.165) is 0 Å². The number of hydrogen-bond donors (Lipinski definition) is 17. The molecule has 3 aliphatic heterocycles. The topological polar surface area (TPSA) is 541 Å². The average Bonchev–Trinajstić information content (AvgIpc) is 0.826. The van der Waals surface area contributed by atoms with Crippen LogP contribution in [0.3, 0.4) is 0 Å². The molecule has 0 saturated heterocycles. The number of esters is 2. The predicted molar refractivity (Wildman–Crippen MR) is 440 cm³/mol. The number of hydrogen-bond acceptors (Lipinski definition) is 29. The van der Waals surface area contributed by atoms with Crippen molar-refractivity contribution in [1.29, 1.82) is 0 Å². The molecule has 124 heavy (non-hydrogen) atoms. The van der Waals surface area contributed by atoms with Crippen LogP contribution in [-0.2, 0) is 47.8 Å². The maximum atomic E-state index is 13.2. The van der Waals surface area contributed by atoms with Crippen molar-refractivity contribution in [2.24, 2.45) is 20.7 Å². The lowest BCUT2D eigenvalue weighted by molar-refractivity contribution is -0.156. The number of aliphatic carboxylic acids is 1. The van der Waals surface area contributed by atoms with Gasteiger partial charge in [0.1, 0.15) is 35.8 Å². The number of aromatic nitrogens is 3. The number of benzene rings is 3. The van der Waals surface area contributed by atoms with Crippen LogP contribution in [0.15, 0.2) is 107 Å². The molecule has 3 aliphatic rings. The summed E-state index contributed by atoms with van der Waals surface area (Å²) >= 11 is 18.1. The number of phenolic OH excluding ortho intramolecular Hbond substituents is 3. The summed E-state index contributed by atoms with van der Waals surface area (Å²) in [6.45, 7) is 8.12. The average molecular weight is 1860 g/mol. The van der Waals surface area contributed by atoms with Gasteiger partial charge in [0.25, 0.3) is 11.8 Å². The summed E-state index contributed by atoms with van der Waals surface area (Å²) in [5.74, 6) is -5.41. The van der Waals surface area contributed by atoms with Crippen LogP contribution in [0.25, 0.3) is 0 Å². The molecule has 0 fully saturated rings. The molecule has 678 valence electrons. The van der Waals surface area contributed by atoms with E-state index in [-0.39, 0.29) is 147 Å². The molecule has 9 rings (SSSR count). The van der Waals surface area contributed by atoms with Gasteiger partial charge < -0.3 is 99.2 Å². The van der Waals surface area contributed by atoms with E-state index in [1.807, 2.05) is 0 Å². The fourth-order valence-electron chi connectivity index (χ4n) is 10.1. The quantitative estimate of drug-likeness (QED) is 0.0148. The van der Waals surface area contributed by atoms with Crippen molar-refractivity contribution in [2.75, 3.05) is 88.1 Å². The number of aromatic carboxylic acids is 1. The lowest BCUT2D eigenvalue weighted by Gasteiger charge is -2.21. The zero-order chi connectivity index (χ0) is 91.1. The number of carboxylic acids is 2. The minimum Gasteiger partial charge on any atom is -0.507 e. The van der Waals surface area contributed by atoms with Crippen LogP contribution in [0.4, 0.5) is 56.6 Å². The van der Waals surface area contributed by atoms with Crippen molar-refractivity contribution < 1.29 is 127 Å². The number of phenols is 3. The Morgan fingerprint density at radius 3 is 1.05 bits per heavy atom. The third-order valence-electron chi connectivity index (χ3n) is 15.6. The fourth-order valence-corrected chi connectivity index (χ4v) is 11.0. The molecule has 50 heteroatoms. The lowest BCUT2D eigenvalue weighted by atomic mass is 10.00. The second-order valence-corrected chi connectivity index (χ2v) is 26.7. The van der Waals surface area contributed by atoms with Crippen LogP contribution in [0.2, 0.25) is 15.1 Å². The third-order valence-corrected chi connectivity index (χ3v) is 16.3. The molecule has 6 aromatic rings. The van der Waals surface area contributed by atoms with Crippen molar-refractivity contribution in [2.45, 2.75) is 103 Å². The number of amides is 5. The molecule has 0 saturated carbocycles. The molecule has 0 bridgehead atoms. The molecule has 0 radical (unpaired) electrons. The van der Waals surface area contributed by atoms with Gasteiger partial charge in [-0.25, -0.2) is 32.9 Å². The molecular formula is C74H86Cl5F9N18O18. The van der Waals surface area contributed by atoms with Gasteiger partial charge in [0, 0.05) is 50.3 Å². The van der Waals surface area contributed by atoms with Gasteiger partial charge in [-0.3, -0.25) is 62.9 Å². The number of alkyl halides is 9. The Morgan fingerprint density at radius 1 is 0.492 bits per heavy atom. The summed E-state index contributed by atoms with van der Waals surface area (Å²) in [4.78, 5) is 149. The minimum atomic E-state index is -4.64. The number of carbonyl (C=O) groups excluding carboxylic acids is 9. The van der Waals surface area contributed by atoms with Gasteiger partial charge in [0.2, 0.25) is 30.3 Å². The van der Waals surface area contributed by atoms with Crippen LogP contribution in [0.5, 0.6) is 17.2 Å². The van der Waals surface area contributed by atoms with E-state index in [0.29, 0.717) is 67.2 Å². The van der Waals surface area contributed by atoms with E-state index in [9.17, 15) is 103 Å². The van der Waals surface area contributed by atoms with Gasteiger partial charge in [-0.15, -0.1) is 24.8 Å². The first-order chi connectivity index (χ1) is 57.4. The van der Waals surface area contributed by atoms with Gasteiger partial charge >= 0.3 is 36.2 Å². The number of rotatable bonds is 25. The van der Waals surface area contributed by atoms with Crippen LogP contribution >= 0.6 is 59.6 Å². The summed E-state index contributed by atoms with van der Waals surface area (Å²) in [6, 6.07) is 10.6. The summed E-state index contributed by atoms with van der Waals surface area (Å²) in [5.41, 5.74) is 9.23. The highest BCUT2D eigenvalue weighted by Gasteiger charge is 2.30. The Balaban J connectivity index is 0.000000550. The summed E-state index contributed by atoms with van der Waals surface area (Å²) in [7, 11) is 0. The Morgan fingerprint density at radius 2 is 0.782 bits per heavy atom. The maximum absolute atomic E-state index is 13.2. The number of pyridine rings is 3. The molecule has 0 spiro atoms. The van der Waals surface area contributed by atoms with E-state index in [1.165, 1.54) is 79.6 Å². The number of nitrogens with zero attached hydrogens (tertiary/aromatic N) is 6. The van der Waals surface area contributed by atoms with Gasteiger partial charge in [0.05, 0.1) is 162 Å². The zero-order valence-electron chi connectivity index (χ0n) is 65.8. The van der Waals surface area contributed by atoms with Crippen molar-refractivity contribution in [3.05, 3.63) is 157 Å². The smallest absolute Gasteiger partial charge is 0.446 e. The molecule has 18 N–H and O–H groups in total. The summed E-state index contributed by atoms with van der Waals surface area (Å²) < 4.78 is 112. The Bertz CT molecular complexity index is 4750. The van der Waals surface area contributed by atoms with Crippen molar-refractivity contribution in [1.82, 2.24) is 57.5 Å². The fraction of sp³-hybridized carbons (Fsp3) is 0.365. The summed E-state index contributed by atoms with van der Waals surface area (Å²) in [6.07, 6.45) is -7.13. The van der Waals surface area contributed by atoms with E-state index in [2.05, 4.69) is 88.4 Å². The molecule has 36 nitrogen and oxygen atoms in total. The number of anilines is 3. The van der Waals surface area contributed by atoms with E-state index < -0.39 is 134 Å². The zero-order valence-corrected chi connectivity index (χ0v) is 69.7. The van der Waals surface area contributed by atoms with E-state index >= 15 is 0 Å². The van der Waals surface area contributed by atoms with Gasteiger partial charge in [0.15, 0.2) is 17.9 Å². The Kier molecular flexibility index (Phi) is 46.5. The molecular weight excluding hydrogens is 1780 g/mol. The number of carboxylic acid groups (broad SMARTS) is 2. The number of aromatic hydroxyl groups is 3. The molecule has 0 aliphatic carbocycles. The number of nitrogens with one attached hydrogen (secondary N) is 11. The SMILES string of the molecule is CCOC(=O)C[C@@H](NC(=O)CNC(=O)c1cncc(NC2=NCC(F)CN2)c1)c1cc(Cl)cc(C)c1O.CCOC(=O)C[C@H](NC(=O)CN)c1cc(Cl)cc(C)c1O.Cc1cc(Cl)cc([C@@H](CC(=O)O)NC(=O)CNC(=O)c2cncc(NC3=NCC(F)CN3)c2)c1O.Cl.Cl.O=C(O)c1cncc(NC2=NCC(F)CN2)c1.O=CC(F)(F)F.O=CC(F)(F)F. The Hall–Kier alpha value is -12.3. The molecule has 3 aromatic heterocycles. The van der Waals surface area contributed by atoms with E-state index in [1.54, 1.807) is 46.8 Å². The van der Waals surface area contributed by atoms with Crippen LogP contribution in [0, 0.1) is 20.8 Å². The number of aldehydes is 2. The van der Waals surface area contributed by atoms with Crippen molar-refractivity contribution in [3.63, 3.8) is 0 Å². The highest BCUT2D eigenvalue weighted by atomic mass is 35.5. The molecule has 3 unspecified atom stereocenters. The third kappa shape index (κ3) is 40.1. The second kappa shape index (κ2) is 53.5. The first-order valence-electron chi connectivity index (χ1n) is 35.8.